The normalized spacial score (nSPS) is 24.0. The van der Waals surface area contributed by atoms with Gasteiger partial charge in [-0.3, -0.25) is 14.4 Å². The lowest BCUT2D eigenvalue weighted by Gasteiger charge is -2.33. The third-order valence-corrected chi connectivity index (χ3v) is 12.7. The molecule has 11 heteroatoms. The molecule has 3 aromatic rings. The van der Waals surface area contributed by atoms with Crippen molar-refractivity contribution >= 4 is 53.3 Å². The monoisotopic (exact) mass is 705 g/mol. The van der Waals surface area contributed by atoms with Gasteiger partial charge in [0.25, 0.3) is 5.91 Å². The molecule has 0 saturated carbocycles. The molecule has 3 aliphatic heterocycles. The fourth-order valence-electron chi connectivity index (χ4n) is 7.52. The minimum Gasteiger partial charge on any atom is -0.432 e. The van der Waals surface area contributed by atoms with Crippen molar-refractivity contribution in [2.45, 2.75) is 63.2 Å². The zero-order valence-electron chi connectivity index (χ0n) is 26.4. The molecular formula is C35H40BrN3O6Si. The quantitative estimate of drug-likeness (QED) is 0.229. The Balaban J connectivity index is 1.33. The molecule has 0 aliphatic carbocycles. The molecule has 0 radical (unpaired) electrons. The van der Waals surface area contributed by atoms with Crippen LogP contribution in [-0.4, -0.2) is 66.6 Å². The van der Waals surface area contributed by atoms with E-state index >= 15 is 0 Å². The first kappa shape index (κ1) is 32.6. The smallest absolute Gasteiger partial charge is 0.264 e. The molecule has 4 atom stereocenters. The number of nitrogens with zero attached hydrogens (tertiary/aromatic N) is 3. The molecule has 3 heterocycles. The molecule has 2 fully saturated rings. The van der Waals surface area contributed by atoms with Crippen molar-refractivity contribution in [2.75, 3.05) is 29.5 Å². The zero-order chi connectivity index (χ0) is 32.8. The first-order valence-electron chi connectivity index (χ1n) is 15.8. The van der Waals surface area contributed by atoms with Gasteiger partial charge >= 0.3 is 0 Å². The molecule has 0 bridgehead atoms. The highest BCUT2D eigenvalue weighted by molar-refractivity contribution is 9.10. The number of rotatable bonds is 10. The predicted octanol–water partition coefficient (Wildman–Crippen LogP) is 4.94. The van der Waals surface area contributed by atoms with Crippen LogP contribution in [0, 0.1) is 5.92 Å². The summed E-state index contributed by atoms with van der Waals surface area (Å²) in [6.07, 6.45) is -0.195. The van der Waals surface area contributed by atoms with Gasteiger partial charge in [0, 0.05) is 53.2 Å². The first-order valence-corrected chi connectivity index (χ1v) is 19.6. The molecule has 9 nitrogen and oxygen atoms in total. The number of hydrogen-bond acceptors (Lipinski definition) is 6. The SMILES string of the molecule is C[C@@H]1[C@@H]([Si](C)(C)O)[C@H](CC(=O)N(CCO)Cc2ccccc2)O[C@@]12C(=O)N(Cc1cccc(N3CCC3=O)c1)c1ccc(Br)cc12. The molecule has 2 N–H and O–H groups in total. The molecule has 242 valence electrons. The molecule has 3 aliphatic rings. The van der Waals surface area contributed by atoms with Crippen LogP contribution < -0.4 is 9.80 Å². The first-order chi connectivity index (χ1) is 21.9. The Morgan fingerprint density at radius 2 is 1.80 bits per heavy atom. The molecule has 0 unspecified atom stereocenters. The number of benzene rings is 3. The Kier molecular flexibility index (Phi) is 8.99. The summed E-state index contributed by atoms with van der Waals surface area (Å²) in [5.74, 6) is -0.772. The topological polar surface area (TPSA) is 111 Å². The van der Waals surface area contributed by atoms with Crippen LogP contribution in [0.2, 0.25) is 18.6 Å². The molecule has 0 aromatic heterocycles. The number of β-lactam (4-membered cyclic amide) rings is 1. The van der Waals surface area contributed by atoms with Crippen LogP contribution in [0.3, 0.4) is 0 Å². The second-order valence-corrected chi connectivity index (χ2v) is 18.0. The maximum atomic E-state index is 14.8. The Labute approximate surface area is 279 Å². The zero-order valence-corrected chi connectivity index (χ0v) is 28.9. The summed E-state index contributed by atoms with van der Waals surface area (Å²) in [7, 11) is -2.99. The molecule has 3 amide bonds. The second kappa shape index (κ2) is 12.7. The van der Waals surface area contributed by atoms with Gasteiger partial charge in [0.15, 0.2) is 13.9 Å². The third-order valence-electron chi connectivity index (χ3n) is 9.67. The summed E-state index contributed by atoms with van der Waals surface area (Å²) in [5.41, 5.74) is 2.25. The summed E-state index contributed by atoms with van der Waals surface area (Å²) in [4.78, 5) is 57.4. The van der Waals surface area contributed by atoms with Crippen LogP contribution in [0.1, 0.15) is 36.5 Å². The van der Waals surface area contributed by atoms with Gasteiger partial charge in [0.1, 0.15) is 0 Å². The van der Waals surface area contributed by atoms with E-state index in [4.69, 9.17) is 4.74 Å². The molecule has 2 saturated heterocycles. The standard InChI is InChI=1S/C35H40BrN3O6Si/c1-23-33(46(2,3)44)30(20-32(42)37(16-17-40)21-24-8-5-4-6-9-24)45-35(23)28-19-26(36)12-13-29(28)39(34(35)43)22-25-10-7-11-27(18-25)38-15-14-31(38)41/h4-13,18-19,23,30,33,40,44H,14-17,20-22H2,1-3H3/t23-,30+,33-,35+/m1/s1. The number of aliphatic hydroxyl groups excluding tert-OH is 1. The Morgan fingerprint density at radius 1 is 1.07 bits per heavy atom. The van der Waals surface area contributed by atoms with Gasteiger partial charge in [-0.1, -0.05) is 65.3 Å². The number of ether oxygens (including phenoxy) is 1. The van der Waals surface area contributed by atoms with Crippen LogP contribution in [0.15, 0.2) is 77.3 Å². The van der Waals surface area contributed by atoms with E-state index in [1.54, 1.807) is 14.7 Å². The largest absolute Gasteiger partial charge is 0.432 e. The highest BCUT2D eigenvalue weighted by atomic mass is 79.9. The summed E-state index contributed by atoms with van der Waals surface area (Å²) in [6, 6.07) is 23.0. The molecular weight excluding hydrogens is 666 g/mol. The predicted molar refractivity (Wildman–Crippen MR) is 181 cm³/mol. The Bertz CT molecular complexity index is 1650. The van der Waals surface area contributed by atoms with Gasteiger partial charge in [-0.15, -0.1) is 0 Å². The number of anilines is 2. The van der Waals surface area contributed by atoms with E-state index < -0.39 is 31.5 Å². The van der Waals surface area contributed by atoms with E-state index in [0.717, 1.165) is 27.0 Å². The minimum atomic E-state index is -2.99. The van der Waals surface area contributed by atoms with E-state index in [9.17, 15) is 24.3 Å². The van der Waals surface area contributed by atoms with Crippen LogP contribution in [-0.2, 0) is 37.8 Å². The van der Waals surface area contributed by atoms with Crippen molar-refractivity contribution in [3.05, 3.63) is 94.0 Å². The van der Waals surface area contributed by atoms with Gasteiger partial charge in [-0.05, 0) is 54.6 Å². The number of hydrogen-bond donors (Lipinski definition) is 2. The summed E-state index contributed by atoms with van der Waals surface area (Å²) < 4.78 is 7.67. The van der Waals surface area contributed by atoms with Crippen LogP contribution in [0.4, 0.5) is 11.4 Å². The average molecular weight is 707 g/mol. The lowest BCUT2D eigenvalue weighted by Crippen LogP contribution is -2.46. The minimum absolute atomic E-state index is 0.0247. The summed E-state index contributed by atoms with van der Waals surface area (Å²) >= 11 is 3.60. The van der Waals surface area contributed by atoms with Crippen molar-refractivity contribution in [1.82, 2.24) is 4.90 Å². The number of aliphatic hydroxyl groups is 1. The third kappa shape index (κ3) is 5.83. The maximum absolute atomic E-state index is 14.8. The number of carbonyl (C=O) groups excluding carboxylic acids is 3. The molecule has 1 spiro atoms. The molecule has 6 rings (SSSR count). The fourth-order valence-corrected chi connectivity index (χ4v) is 10.4. The Morgan fingerprint density at radius 3 is 2.46 bits per heavy atom. The van der Waals surface area contributed by atoms with E-state index in [-0.39, 0.29) is 43.8 Å². The second-order valence-electron chi connectivity index (χ2n) is 13.1. The Hall–Kier alpha value is -3.35. The van der Waals surface area contributed by atoms with E-state index in [2.05, 4.69) is 15.9 Å². The summed E-state index contributed by atoms with van der Waals surface area (Å²) in [5, 5.41) is 9.78. The van der Waals surface area contributed by atoms with E-state index in [1.807, 2.05) is 92.8 Å². The average Bonchev–Trinajstić information content (AvgIpc) is 3.43. The molecule has 46 heavy (non-hydrogen) atoms. The maximum Gasteiger partial charge on any atom is 0.264 e. The van der Waals surface area contributed by atoms with Gasteiger partial charge < -0.3 is 29.3 Å². The lowest BCUT2D eigenvalue weighted by molar-refractivity contribution is -0.150. The number of amides is 3. The summed E-state index contributed by atoms with van der Waals surface area (Å²) in [6.45, 7) is 6.90. The van der Waals surface area contributed by atoms with Gasteiger partial charge in [0.2, 0.25) is 11.8 Å². The number of fused-ring (bicyclic) bond motifs is 2. The van der Waals surface area contributed by atoms with Crippen molar-refractivity contribution in [3.8, 4) is 0 Å². The lowest BCUT2D eigenvalue weighted by atomic mass is 9.82. The van der Waals surface area contributed by atoms with Crippen molar-refractivity contribution in [3.63, 3.8) is 0 Å². The van der Waals surface area contributed by atoms with Crippen molar-refractivity contribution in [2.24, 2.45) is 5.92 Å². The highest BCUT2D eigenvalue weighted by Crippen LogP contribution is 2.60. The van der Waals surface area contributed by atoms with Gasteiger partial charge in [0.05, 0.1) is 31.4 Å². The highest BCUT2D eigenvalue weighted by Gasteiger charge is 2.66. The number of halogens is 1. The number of carbonyl (C=O) groups is 3. The van der Waals surface area contributed by atoms with Crippen molar-refractivity contribution < 1.29 is 29.0 Å². The van der Waals surface area contributed by atoms with Gasteiger partial charge in [-0.2, -0.15) is 0 Å². The van der Waals surface area contributed by atoms with Crippen LogP contribution >= 0.6 is 15.9 Å². The molecule has 3 aromatic carbocycles. The fraction of sp³-hybridized carbons (Fsp3) is 0.400. The van der Waals surface area contributed by atoms with Crippen LogP contribution in [0.5, 0.6) is 0 Å². The van der Waals surface area contributed by atoms with Crippen molar-refractivity contribution in [1.29, 1.82) is 0 Å². The van der Waals surface area contributed by atoms with Crippen LogP contribution in [0.25, 0.3) is 0 Å². The van der Waals surface area contributed by atoms with Gasteiger partial charge in [-0.25, -0.2) is 0 Å². The van der Waals surface area contributed by atoms with E-state index in [0.29, 0.717) is 25.1 Å². The van der Waals surface area contributed by atoms with E-state index in [1.165, 1.54) is 0 Å².